The number of hydrogen-bond acceptors (Lipinski definition) is 5. The zero-order valence-corrected chi connectivity index (χ0v) is 14.7. The van der Waals surface area contributed by atoms with Crippen LogP contribution in [0.4, 0.5) is 0 Å². The van der Waals surface area contributed by atoms with Gasteiger partial charge in [0.05, 0.1) is 11.4 Å². The molecule has 1 heterocycles. The molecule has 2 rings (SSSR count). The smallest absolute Gasteiger partial charge is 0.242 e. The zero-order chi connectivity index (χ0) is 15.5. The summed E-state index contributed by atoms with van der Waals surface area (Å²) in [7, 11) is -3.60. The second-order valence-electron chi connectivity index (χ2n) is 4.37. The van der Waals surface area contributed by atoms with E-state index in [-0.39, 0.29) is 11.4 Å². The number of sulfonamides is 1. The SMILES string of the molecule is CCc1cnc(CNS(=O)(=O)c2cc(CN)ccc2Br)s1. The van der Waals surface area contributed by atoms with Crippen LogP contribution in [0.3, 0.4) is 0 Å². The van der Waals surface area contributed by atoms with Crippen LogP contribution in [0.5, 0.6) is 0 Å². The number of aromatic nitrogens is 1. The lowest BCUT2D eigenvalue weighted by atomic mass is 10.2. The van der Waals surface area contributed by atoms with Crippen molar-refractivity contribution in [2.75, 3.05) is 0 Å². The summed E-state index contributed by atoms with van der Waals surface area (Å²) >= 11 is 4.77. The van der Waals surface area contributed by atoms with Crippen LogP contribution in [0.2, 0.25) is 0 Å². The molecule has 0 amide bonds. The van der Waals surface area contributed by atoms with Crippen LogP contribution in [0.25, 0.3) is 0 Å². The van der Waals surface area contributed by atoms with E-state index in [1.165, 1.54) is 11.3 Å². The summed E-state index contributed by atoms with van der Waals surface area (Å²) in [6, 6.07) is 5.05. The first-order valence-corrected chi connectivity index (χ1v) is 9.47. The maximum atomic E-state index is 12.4. The Labute approximate surface area is 136 Å². The fraction of sp³-hybridized carbons (Fsp3) is 0.308. The molecule has 8 heteroatoms. The zero-order valence-electron chi connectivity index (χ0n) is 11.5. The van der Waals surface area contributed by atoms with Crippen molar-refractivity contribution >= 4 is 37.3 Å². The lowest BCUT2D eigenvalue weighted by Gasteiger charge is -2.09. The molecular weight excluding hydrogens is 374 g/mol. The van der Waals surface area contributed by atoms with Crippen molar-refractivity contribution in [2.24, 2.45) is 5.73 Å². The van der Waals surface area contributed by atoms with E-state index in [9.17, 15) is 8.42 Å². The molecule has 0 aliphatic rings. The number of halogens is 1. The van der Waals surface area contributed by atoms with Gasteiger partial charge in [-0.2, -0.15) is 0 Å². The molecule has 0 fully saturated rings. The topological polar surface area (TPSA) is 85.1 Å². The van der Waals surface area contributed by atoms with Crippen LogP contribution in [-0.2, 0) is 29.5 Å². The Morgan fingerprint density at radius 1 is 1.43 bits per heavy atom. The summed E-state index contributed by atoms with van der Waals surface area (Å²) in [6.45, 7) is 2.52. The Morgan fingerprint density at radius 2 is 2.19 bits per heavy atom. The van der Waals surface area contributed by atoms with Crippen molar-refractivity contribution in [3.63, 3.8) is 0 Å². The Balaban J connectivity index is 2.18. The van der Waals surface area contributed by atoms with Gasteiger partial charge in [-0.25, -0.2) is 18.1 Å². The molecule has 0 saturated carbocycles. The van der Waals surface area contributed by atoms with Crippen LogP contribution in [0, 0.1) is 0 Å². The van der Waals surface area contributed by atoms with Crippen LogP contribution < -0.4 is 10.5 Å². The highest BCUT2D eigenvalue weighted by Gasteiger charge is 2.18. The van der Waals surface area contributed by atoms with Crippen molar-refractivity contribution in [3.8, 4) is 0 Å². The van der Waals surface area contributed by atoms with Gasteiger partial charge < -0.3 is 5.73 Å². The molecule has 0 atom stereocenters. The predicted molar refractivity (Wildman–Crippen MR) is 87.6 cm³/mol. The fourth-order valence-corrected chi connectivity index (χ4v) is 4.60. The van der Waals surface area contributed by atoms with Crippen molar-refractivity contribution in [2.45, 2.75) is 31.3 Å². The van der Waals surface area contributed by atoms with E-state index in [2.05, 4.69) is 25.6 Å². The lowest BCUT2D eigenvalue weighted by molar-refractivity contribution is 0.580. The van der Waals surface area contributed by atoms with E-state index in [1.807, 2.05) is 6.92 Å². The number of nitrogens with zero attached hydrogens (tertiary/aromatic N) is 1. The van der Waals surface area contributed by atoms with Gasteiger partial charge in [-0.3, -0.25) is 0 Å². The third-order valence-corrected chi connectivity index (χ3v) is 6.42. The molecule has 114 valence electrons. The van der Waals surface area contributed by atoms with Crippen LogP contribution in [-0.4, -0.2) is 13.4 Å². The minimum absolute atomic E-state index is 0.187. The second-order valence-corrected chi connectivity index (χ2v) is 8.16. The summed E-state index contributed by atoms with van der Waals surface area (Å²) in [5, 5.41) is 0.751. The first-order valence-electron chi connectivity index (χ1n) is 6.38. The van der Waals surface area contributed by atoms with Gasteiger partial charge in [0.25, 0.3) is 0 Å². The molecule has 1 aromatic carbocycles. The van der Waals surface area contributed by atoms with Gasteiger partial charge in [0.15, 0.2) is 0 Å². The van der Waals surface area contributed by atoms with Gasteiger partial charge in [-0.1, -0.05) is 13.0 Å². The Morgan fingerprint density at radius 3 is 2.81 bits per heavy atom. The van der Waals surface area contributed by atoms with Gasteiger partial charge in [0.2, 0.25) is 10.0 Å². The number of aryl methyl sites for hydroxylation is 1. The normalized spacial score (nSPS) is 11.8. The van der Waals surface area contributed by atoms with E-state index in [4.69, 9.17) is 5.73 Å². The summed E-state index contributed by atoms with van der Waals surface area (Å²) in [5.74, 6) is 0. The van der Waals surface area contributed by atoms with E-state index in [1.54, 1.807) is 24.4 Å². The number of nitrogens with one attached hydrogen (secondary N) is 1. The largest absolute Gasteiger partial charge is 0.326 e. The summed E-state index contributed by atoms with van der Waals surface area (Å²) < 4.78 is 27.8. The van der Waals surface area contributed by atoms with Gasteiger partial charge in [0, 0.05) is 22.1 Å². The van der Waals surface area contributed by atoms with E-state index in [0.29, 0.717) is 11.0 Å². The standard InChI is InChI=1S/C13H16BrN3O2S2/c1-2-10-7-16-13(20-10)8-17-21(18,19)12-5-9(6-15)3-4-11(12)14/h3-5,7,17H,2,6,8,15H2,1H3. The second kappa shape index (κ2) is 6.97. The number of thiazole rings is 1. The van der Waals surface area contributed by atoms with Gasteiger partial charge in [0.1, 0.15) is 5.01 Å². The molecule has 0 saturated heterocycles. The van der Waals surface area contributed by atoms with Gasteiger partial charge in [-0.05, 0) is 40.0 Å². The summed E-state index contributed by atoms with van der Waals surface area (Å²) in [4.78, 5) is 5.53. The highest BCUT2D eigenvalue weighted by molar-refractivity contribution is 9.10. The van der Waals surface area contributed by atoms with E-state index < -0.39 is 10.0 Å². The van der Waals surface area contributed by atoms with Crippen LogP contribution >= 0.6 is 27.3 Å². The van der Waals surface area contributed by atoms with Crippen molar-refractivity contribution in [1.29, 1.82) is 0 Å². The van der Waals surface area contributed by atoms with Crippen molar-refractivity contribution in [1.82, 2.24) is 9.71 Å². The first-order chi connectivity index (χ1) is 9.96. The quantitative estimate of drug-likeness (QED) is 0.793. The molecule has 0 unspecified atom stereocenters. The minimum atomic E-state index is -3.60. The average molecular weight is 390 g/mol. The molecule has 0 radical (unpaired) electrons. The van der Waals surface area contributed by atoms with Gasteiger partial charge >= 0.3 is 0 Å². The van der Waals surface area contributed by atoms with Crippen molar-refractivity contribution in [3.05, 3.63) is 44.3 Å². The number of benzene rings is 1. The molecule has 0 aliphatic heterocycles. The third kappa shape index (κ3) is 4.10. The highest BCUT2D eigenvalue weighted by Crippen LogP contribution is 2.23. The Kier molecular flexibility index (Phi) is 5.50. The monoisotopic (exact) mass is 389 g/mol. The molecule has 3 N–H and O–H groups in total. The van der Waals surface area contributed by atoms with E-state index in [0.717, 1.165) is 21.9 Å². The molecule has 0 spiro atoms. The first kappa shape index (κ1) is 16.6. The lowest BCUT2D eigenvalue weighted by Crippen LogP contribution is -2.23. The predicted octanol–water partition coefficient (Wildman–Crippen LogP) is 2.41. The third-order valence-electron chi connectivity index (χ3n) is 2.88. The van der Waals surface area contributed by atoms with Crippen LogP contribution in [0.15, 0.2) is 33.8 Å². The summed E-state index contributed by atoms with van der Waals surface area (Å²) in [5.41, 5.74) is 6.32. The molecule has 5 nitrogen and oxygen atoms in total. The van der Waals surface area contributed by atoms with Crippen molar-refractivity contribution < 1.29 is 8.42 Å². The summed E-state index contributed by atoms with van der Waals surface area (Å²) in [6.07, 6.45) is 2.67. The maximum absolute atomic E-state index is 12.4. The average Bonchev–Trinajstić information content (AvgIpc) is 2.94. The molecule has 2 aromatic rings. The molecule has 21 heavy (non-hydrogen) atoms. The Bertz CT molecular complexity index is 729. The fourth-order valence-electron chi connectivity index (χ4n) is 1.71. The highest BCUT2D eigenvalue weighted by atomic mass is 79.9. The van der Waals surface area contributed by atoms with Gasteiger partial charge in [-0.15, -0.1) is 11.3 Å². The molecule has 1 aromatic heterocycles. The minimum Gasteiger partial charge on any atom is -0.326 e. The number of rotatable bonds is 6. The molecule has 0 bridgehead atoms. The molecular formula is C13H16BrN3O2S2. The molecule has 0 aliphatic carbocycles. The Hall–Kier alpha value is -0.800. The van der Waals surface area contributed by atoms with E-state index >= 15 is 0 Å². The maximum Gasteiger partial charge on any atom is 0.242 e. The number of nitrogens with two attached hydrogens (primary N) is 1. The van der Waals surface area contributed by atoms with Crippen LogP contribution in [0.1, 0.15) is 22.4 Å². The number of hydrogen-bond donors (Lipinski definition) is 2.